The van der Waals surface area contributed by atoms with Crippen molar-refractivity contribution in [1.82, 2.24) is 0 Å². The second kappa shape index (κ2) is 3.38. The van der Waals surface area contributed by atoms with Crippen LogP contribution in [0.1, 0.15) is 12.5 Å². The minimum Gasteiger partial charge on any atom is -0.327 e. The van der Waals surface area contributed by atoms with E-state index in [1.807, 2.05) is 0 Å². The zero-order chi connectivity index (χ0) is 10.1. The van der Waals surface area contributed by atoms with Gasteiger partial charge in [-0.2, -0.15) is 0 Å². The molecule has 1 unspecified atom stereocenters. The zero-order valence-corrected chi connectivity index (χ0v) is 7.15. The molecule has 0 aliphatic rings. The van der Waals surface area contributed by atoms with Gasteiger partial charge in [-0.25, -0.2) is 13.2 Å². The topological polar surface area (TPSA) is 26.0 Å². The van der Waals surface area contributed by atoms with Crippen molar-refractivity contribution < 1.29 is 13.2 Å². The molecular formula is C9H10F3N. The second-order valence-electron chi connectivity index (χ2n) is 3.06. The third-order valence-corrected chi connectivity index (χ3v) is 1.85. The molecule has 13 heavy (non-hydrogen) atoms. The van der Waals surface area contributed by atoms with Crippen LogP contribution in [0.5, 0.6) is 0 Å². The molecule has 0 bridgehead atoms. The van der Waals surface area contributed by atoms with Gasteiger partial charge >= 0.3 is 0 Å². The summed E-state index contributed by atoms with van der Waals surface area (Å²) in [5, 5.41) is 0. The maximum atomic E-state index is 13.5. The molecule has 1 nitrogen and oxygen atoms in total. The van der Waals surface area contributed by atoms with Crippen LogP contribution in [0.15, 0.2) is 18.2 Å². The van der Waals surface area contributed by atoms with Gasteiger partial charge in [0.15, 0.2) is 0 Å². The van der Waals surface area contributed by atoms with Gasteiger partial charge in [-0.1, -0.05) is 0 Å². The van der Waals surface area contributed by atoms with E-state index in [1.54, 1.807) is 0 Å². The van der Waals surface area contributed by atoms with E-state index in [4.69, 9.17) is 5.73 Å². The van der Waals surface area contributed by atoms with Crippen LogP contribution in [-0.2, 0) is 5.67 Å². The Morgan fingerprint density at radius 1 is 1.23 bits per heavy atom. The summed E-state index contributed by atoms with van der Waals surface area (Å²) in [6, 6.07) is 2.57. The van der Waals surface area contributed by atoms with Crippen LogP contribution in [0, 0.1) is 11.6 Å². The lowest BCUT2D eigenvalue weighted by atomic mass is 9.98. The fraction of sp³-hybridized carbons (Fsp3) is 0.333. The highest BCUT2D eigenvalue weighted by molar-refractivity contribution is 5.24. The molecule has 0 aromatic heterocycles. The summed E-state index contributed by atoms with van der Waals surface area (Å²) in [5.74, 6) is -1.60. The molecular weight excluding hydrogens is 179 g/mol. The molecule has 0 heterocycles. The van der Waals surface area contributed by atoms with Gasteiger partial charge in [0.2, 0.25) is 0 Å². The lowest BCUT2D eigenvalue weighted by Crippen LogP contribution is -2.26. The fourth-order valence-corrected chi connectivity index (χ4v) is 0.973. The smallest absolute Gasteiger partial charge is 0.145 e. The maximum absolute atomic E-state index is 13.5. The van der Waals surface area contributed by atoms with Gasteiger partial charge in [0, 0.05) is 12.6 Å². The molecule has 1 aromatic carbocycles. The summed E-state index contributed by atoms with van der Waals surface area (Å²) < 4.78 is 38.7. The third kappa shape index (κ3) is 2.21. The Kier molecular flexibility index (Phi) is 2.61. The first-order chi connectivity index (χ1) is 5.95. The van der Waals surface area contributed by atoms with Crippen LogP contribution < -0.4 is 5.73 Å². The molecule has 1 rings (SSSR count). The second-order valence-corrected chi connectivity index (χ2v) is 3.06. The predicted molar refractivity (Wildman–Crippen MR) is 43.9 cm³/mol. The molecule has 0 fully saturated rings. The Labute approximate surface area is 74.4 Å². The molecule has 1 atom stereocenters. The molecule has 2 N–H and O–H groups in total. The monoisotopic (exact) mass is 189 g/mol. The van der Waals surface area contributed by atoms with Crippen molar-refractivity contribution >= 4 is 0 Å². The highest BCUT2D eigenvalue weighted by atomic mass is 19.1. The van der Waals surface area contributed by atoms with E-state index in [9.17, 15) is 13.2 Å². The molecule has 0 radical (unpaired) electrons. The van der Waals surface area contributed by atoms with Gasteiger partial charge in [-0.05, 0) is 24.6 Å². The largest absolute Gasteiger partial charge is 0.327 e. The molecule has 0 aliphatic heterocycles. The van der Waals surface area contributed by atoms with Crippen molar-refractivity contribution in [3.63, 3.8) is 0 Å². The first-order valence-electron chi connectivity index (χ1n) is 3.81. The summed E-state index contributed by atoms with van der Waals surface area (Å²) in [5.41, 5.74) is 3.16. The average molecular weight is 189 g/mol. The van der Waals surface area contributed by atoms with Crippen LogP contribution in [0.4, 0.5) is 13.2 Å². The van der Waals surface area contributed by atoms with E-state index in [2.05, 4.69) is 0 Å². The Morgan fingerprint density at radius 3 is 2.08 bits per heavy atom. The molecule has 4 heteroatoms. The number of halogens is 3. The van der Waals surface area contributed by atoms with Crippen molar-refractivity contribution in [1.29, 1.82) is 0 Å². The zero-order valence-electron chi connectivity index (χ0n) is 7.15. The molecule has 0 spiro atoms. The molecule has 72 valence electrons. The predicted octanol–water partition coefficient (Wildman–Crippen LogP) is 2.11. The van der Waals surface area contributed by atoms with Crippen LogP contribution >= 0.6 is 0 Å². The lowest BCUT2D eigenvalue weighted by molar-refractivity contribution is 0.202. The minimum absolute atomic E-state index is 0.0764. The lowest BCUT2D eigenvalue weighted by Gasteiger charge is -2.18. The Balaban J connectivity index is 3.15. The Hall–Kier alpha value is -1.03. The Morgan fingerprint density at radius 2 is 1.69 bits per heavy atom. The van der Waals surface area contributed by atoms with Gasteiger partial charge in [-0.15, -0.1) is 0 Å². The van der Waals surface area contributed by atoms with E-state index in [0.29, 0.717) is 6.07 Å². The van der Waals surface area contributed by atoms with E-state index in [1.165, 1.54) is 6.92 Å². The first kappa shape index (κ1) is 10.1. The van der Waals surface area contributed by atoms with Crippen LogP contribution in [0.3, 0.4) is 0 Å². The van der Waals surface area contributed by atoms with Gasteiger partial charge in [0.05, 0.1) is 0 Å². The highest BCUT2D eigenvalue weighted by Crippen LogP contribution is 2.25. The van der Waals surface area contributed by atoms with E-state index >= 15 is 0 Å². The van der Waals surface area contributed by atoms with Gasteiger partial charge in [0.1, 0.15) is 17.3 Å². The standard InChI is InChI=1S/C9H10F3N/c1-9(12,5-13)6-2-7(10)4-8(11)3-6/h2-4H,5,13H2,1H3. The summed E-state index contributed by atoms with van der Waals surface area (Å²) in [7, 11) is 0. The third-order valence-electron chi connectivity index (χ3n) is 1.85. The number of nitrogens with two attached hydrogens (primary N) is 1. The molecule has 0 saturated carbocycles. The van der Waals surface area contributed by atoms with E-state index in [0.717, 1.165) is 12.1 Å². The molecule has 0 amide bonds. The first-order valence-corrected chi connectivity index (χ1v) is 3.81. The Bertz CT molecular complexity index is 289. The molecule has 0 aliphatic carbocycles. The van der Waals surface area contributed by atoms with E-state index in [-0.39, 0.29) is 12.1 Å². The summed E-state index contributed by atoms with van der Waals surface area (Å²) >= 11 is 0. The molecule has 1 aromatic rings. The van der Waals surface area contributed by atoms with Crippen molar-refractivity contribution in [2.75, 3.05) is 6.54 Å². The van der Waals surface area contributed by atoms with Crippen molar-refractivity contribution in [3.8, 4) is 0 Å². The van der Waals surface area contributed by atoms with Gasteiger partial charge in [0.25, 0.3) is 0 Å². The normalized spacial score (nSPS) is 15.5. The van der Waals surface area contributed by atoms with Gasteiger partial charge in [-0.3, -0.25) is 0 Å². The van der Waals surface area contributed by atoms with Crippen molar-refractivity contribution in [3.05, 3.63) is 35.4 Å². The molecule has 0 saturated heterocycles. The average Bonchev–Trinajstić information content (AvgIpc) is 2.02. The summed E-state index contributed by atoms with van der Waals surface area (Å²) in [6.07, 6.45) is 0. The number of hydrogen-bond donors (Lipinski definition) is 1. The minimum atomic E-state index is -1.89. The quantitative estimate of drug-likeness (QED) is 0.757. The number of rotatable bonds is 2. The highest BCUT2D eigenvalue weighted by Gasteiger charge is 2.24. The number of benzene rings is 1. The number of alkyl halides is 1. The fourth-order valence-electron chi connectivity index (χ4n) is 0.973. The number of hydrogen-bond acceptors (Lipinski definition) is 1. The summed E-state index contributed by atoms with van der Waals surface area (Å²) in [4.78, 5) is 0. The van der Waals surface area contributed by atoms with Gasteiger partial charge < -0.3 is 5.73 Å². The maximum Gasteiger partial charge on any atom is 0.145 e. The van der Waals surface area contributed by atoms with E-state index < -0.39 is 17.3 Å². The van der Waals surface area contributed by atoms with Crippen LogP contribution in [0.2, 0.25) is 0 Å². The van der Waals surface area contributed by atoms with Crippen LogP contribution in [-0.4, -0.2) is 6.54 Å². The summed E-state index contributed by atoms with van der Waals surface area (Å²) in [6.45, 7) is 0.872. The SMILES string of the molecule is CC(F)(CN)c1cc(F)cc(F)c1. The van der Waals surface area contributed by atoms with Crippen LogP contribution in [0.25, 0.3) is 0 Å². The van der Waals surface area contributed by atoms with Crippen molar-refractivity contribution in [2.45, 2.75) is 12.6 Å². The van der Waals surface area contributed by atoms with Crippen molar-refractivity contribution in [2.24, 2.45) is 5.73 Å².